The van der Waals surface area contributed by atoms with Crippen LogP contribution in [0, 0.1) is 23.2 Å². The number of methoxy groups -OCH3 is 1. The number of ether oxygens (including phenoxy) is 1. The standard InChI is InChI=1S/C15H29NO2/c1-5-15(2,3)12-8-6-11(7-9-12)13(10-16)14(17)18-4/h11-13H,5-10,16H2,1-4H3. The number of nitrogens with two attached hydrogens (primary N) is 1. The van der Waals surface area contributed by atoms with Crippen molar-refractivity contribution in [2.24, 2.45) is 28.9 Å². The minimum Gasteiger partial charge on any atom is -0.469 e. The Morgan fingerprint density at radius 3 is 2.28 bits per heavy atom. The first-order valence-electron chi connectivity index (χ1n) is 7.24. The summed E-state index contributed by atoms with van der Waals surface area (Å²) in [7, 11) is 1.46. The van der Waals surface area contributed by atoms with Crippen molar-refractivity contribution in [2.75, 3.05) is 13.7 Å². The molecular formula is C15H29NO2. The number of rotatable bonds is 5. The van der Waals surface area contributed by atoms with Crippen LogP contribution in [-0.2, 0) is 9.53 Å². The summed E-state index contributed by atoms with van der Waals surface area (Å²) in [5.74, 6) is 0.984. The predicted molar refractivity (Wildman–Crippen MR) is 74.1 cm³/mol. The lowest BCUT2D eigenvalue weighted by atomic mass is 9.66. The summed E-state index contributed by atoms with van der Waals surface area (Å²) < 4.78 is 4.85. The molecule has 106 valence electrons. The molecule has 1 rings (SSSR count). The van der Waals surface area contributed by atoms with Gasteiger partial charge in [-0.05, 0) is 42.9 Å². The molecule has 1 aliphatic rings. The van der Waals surface area contributed by atoms with E-state index in [1.807, 2.05) is 0 Å². The number of carbonyl (C=O) groups is 1. The van der Waals surface area contributed by atoms with E-state index in [9.17, 15) is 4.79 Å². The van der Waals surface area contributed by atoms with Gasteiger partial charge in [-0.15, -0.1) is 0 Å². The minimum atomic E-state index is -0.129. The predicted octanol–water partition coefficient (Wildman–Crippen LogP) is 2.98. The van der Waals surface area contributed by atoms with E-state index in [-0.39, 0.29) is 11.9 Å². The van der Waals surface area contributed by atoms with Crippen LogP contribution in [0.15, 0.2) is 0 Å². The molecule has 0 heterocycles. The quantitative estimate of drug-likeness (QED) is 0.768. The summed E-state index contributed by atoms with van der Waals surface area (Å²) >= 11 is 0. The molecule has 1 saturated carbocycles. The summed E-state index contributed by atoms with van der Waals surface area (Å²) in [6.45, 7) is 7.40. The van der Waals surface area contributed by atoms with Crippen molar-refractivity contribution in [1.29, 1.82) is 0 Å². The van der Waals surface area contributed by atoms with Gasteiger partial charge in [0.05, 0.1) is 13.0 Å². The van der Waals surface area contributed by atoms with Crippen LogP contribution in [0.4, 0.5) is 0 Å². The summed E-state index contributed by atoms with van der Waals surface area (Å²) in [4.78, 5) is 11.7. The van der Waals surface area contributed by atoms with Crippen molar-refractivity contribution in [1.82, 2.24) is 0 Å². The SMILES string of the molecule is CCC(C)(C)C1CCC(C(CN)C(=O)OC)CC1. The monoisotopic (exact) mass is 255 g/mol. The van der Waals surface area contributed by atoms with Gasteiger partial charge in [-0.2, -0.15) is 0 Å². The Kier molecular flexibility index (Phi) is 5.64. The van der Waals surface area contributed by atoms with Crippen LogP contribution in [0.2, 0.25) is 0 Å². The van der Waals surface area contributed by atoms with Gasteiger partial charge < -0.3 is 10.5 Å². The molecule has 0 aromatic carbocycles. The Morgan fingerprint density at radius 2 is 1.89 bits per heavy atom. The zero-order valence-corrected chi connectivity index (χ0v) is 12.4. The molecule has 0 saturated heterocycles. The third kappa shape index (κ3) is 3.47. The van der Waals surface area contributed by atoms with E-state index in [0.717, 1.165) is 18.8 Å². The fourth-order valence-corrected chi connectivity index (χ4v) is 3.22. The molecule has 0 spiro atoms. The van der Waals surface area contributed by atoms with Gasteiger partial charge in [0.15, 0.2) is 0 Å². The van der Waals surface area contributed by atoms with Crippen LogP contribution in [0.25, 0.3) is 0 Å². The summed E-state index contributed by atoms with van der Waals surface area (Å²) in [6.07, 6.45) is 5.90. The highest BCUT2D eigenvalue weighted by atomic mass is 16.5. The Morgan fingerprint density at radius 1 is 1.33 bits per heavy atom. The van der Waals surface area contributed by atoms with E-state index in [1.54, 1.807) is 0 Å². The van der Waals surface area contributed by atoms with E-state index < -0.39 is 0 Å². The molecule has 0 aliphatic heterocycles. The van der Waals surface area contributed by atoms with E-state index in [2.05, 4.69) is 20.8 Å². The molecule has 0 amide bonds. The summed E-state index contributed by atoms with van der Waals surface area (Å²) in [5.41, 5.74) is 6.15. The van der Waals surface area contributed by atoms with Crippen LogP contribution in [0.5, 0.6) is 0 Å². The molecule has 1 unspecified atom stereocenters. The number of hydrogen-bond acceptors (Lipinski definition) is 3. The van der Waals surface area contributed by atoms with Crippen LogP contribution in [-0.4, -0.2) is 19.6 Å². The van der Waals surface area contributed by atoms with Gasteiger partial charge in [-0.3, -0.25) is 4.79 Å². The molecular weight excluding hydrogens is 226 g/mol. The van der Waals surface area contributed by atoms with Crippen LogP contribution < -0.4 is 5.73 Å². The van der Waals surface area contributed by atoms with Gasteiger partial charge in [0.25, 0.3) is 0 Å². The lowest BCUT2D eigenvalue weighted by Crippen LogP contribution is -2.36. The highest BCUT2D eigenvalue weighted by molar-refractivity contribution is 5.72. The van der Waals surface area contributed by atoms with E-state index >= 15 is 0 Å². The lowest BCUT2D eigenvalue weighted by Gasteiger charge is -2.40. The third-order valence-electron chi connectivity index (χ3n) is 5.12. The van der Waals surface area contributed by atoms with E-state index in [1.165, 1.54) is 26.4 Å². The smallest absolute Gasteiger partial charge is 0.310 e. The topological polar surface area (TPSA) is 52.3 Å². The van der Waals surface area contributed by atoms with Crippen molar-refractivity contribution >= 4 is 5.97 Å². The Labute approximate surface area is 111 Å². The number of hydrogen-bond donors (Lipinski definition) is 1. The van der Waals surface area contributed by atoms with Gasteiger partial charge >= 0.3 is 5.97 Å². The first-order chi connectivity index (χ1) is 8.46. The van der Waals surface area contributed by atoms with Crippen LogP contribution in [0.1, 0.15) is 52.9 Å². The maximum Gasteiger partial charge on any atom is 0.310 e. The first-order valence-corrected chi connectivity index (χ1v) is 7.24. The third-order valence-corrected chi connectivity index (χ3v) is 5.12. The summed E-state index contributed by atoms with van der Waals surface area (Å²) in [5, 5.41) is 0. The van der Waals surface area contributed by atoms with Crippen molar-refractivity contribution in [2.45, 2.75) is 52.9 Å². The molecule has 0 aromatic rings. The van der Waals surface area contributed by atoms with Crippen LogP contribution in [0.3, 0.4) is 0 Å². The second-order valence-corrected chi connectivity index (χ2v) is 6.32. The average Bonchev–Trinajstić information content (AvgIpc) is 2.40. The Balaban J connectivity index is 2.55. The molecule has 3 nitrogen and oxygen atoms in total. The van der Waals surface area contributed by atoms with Crippen LogP contribution >= 0.6 is 0 Å². The second kappa shape index (κ2) is 6.55. The van der Waals surface area contributed by atoms with Gasteiger partial charge in [-0.1, -0.05) is 27.2 Å². The van der Waals surface area contributed by atoms with Gasteiger partial charge in [0.2, 0.25) is 0 Å². The molecule has 2 N–H and O–H groups in total. The molecule has 1 aliphatic carbocycles. The molecule has 0 radical (unpaired) electrons. The Bertz CT molecular complexity index is 268. The van der Waals surface area contributed by atoms with Crippen molar-refractivity contribution in [3.63, 3.8) is 0 Å². The second-order valence-electron chi connectivity index (χ2n) is 6.32. The normalized spacial score (nSPS) is 26.7. The maximum absolute atomic E-state index is 11.7. The van der Waals surface area contributed by atoms with Crippen molar-refractivity contribution < 1.29 is 9.53 Å². The number of esters is 1. The average molecular weight is 255 g/mol. The zero-order chi connectivity index (χ0) is 13.8. The Hall–Kier alpha value is -0.570. The van der Waals surface area contributed by atoms with E-state index in [0.29, 0.717) is 17.9 Å². The van der Waals surface area contributed by atoms with Gasteiger partial charge in [0.1, 0.15) is 0 Å². The van der Waals surface area contributed by atoms with Crippen molar-refractivity contribution in [3.05, 3.63) is 0 Å². The molecule has 0 aromatic heterocycles. The number of carbonyl (C=O) groups excluding carboxylic acids is 1. The summed E-state index contributed by atoms with van der Waals surface area (Å²) in [6, 6.07) is 0. The molecule has 3 heteroatoms. The molecule has 1 fully saturated rings. The zero-order valence-electron chi connectivity index (χ0n) is 12.4. The largest absolute Gasteiger partial charge is 0.469 e. The lowest BCUT2D eigenvalue weighted by molar-refractivity contribution is -0.147. The highest BCUT2D eigenvalue weighted by Crippen LogP contribution is 2.43. The fraction of sp³-hybridized carbons (Fsp3) is 0.933. The maximum atomic E-state index is 11.7. The first kappa shape index (κ1) is 15.5. The molecule has 18 heavy (non-hydrogen) atoms. The highest BCUT2D eigenvalue weighted by Gasteiger charge is 2.36. The fourth-order valence-electron chi connectivity index (χ4n) is 3.22. The van der Waals surface area contributed by atoms with E-state index in [4.69, 9.17) is 10.5 Å². The van der Waals surface area contributed by atoms with Gasteiger partial charge in [0, 0.05) is 6.54 Å². The van der Waals surface area contributed by atoms with Crippen molar-refractivity contribution in [3.8, 4) is 0 Å². The van der Waals surface area contributed by atoms with Gasteiger partial charge in [-0.25, -0.2) is 0 Å². The molecule has 0 bridgehead atoms. The molecule has 1 atom stereocenters. The minimum absolute atomic E-state index is 0.0966.